The van der Waals surface area contributed by atoms with Crippen LogP contribution in [0.15, 0.2) is 73.3 Å². The van der Waals surface area contributed by atoms with E-state index in [0.29, 0.717) is 12.0 Å². The van der Waals surface area contributed by atoms with E-state index in [1.165, 1.54) is 43.6 Å². The van der Waals surface area contributed by atoms with Gasteiger partial charge in [0.05, 0.1) is 6.04 Å². The highest BCUT2D eigenvalue weighted by Gasteiger charge is 2.38. The lowest BCUT2D eigenvalue weighted by atomic mass is 9.90. The lowest BCUT2D eigenvalue weighted by Gasteiger charge is -2.28. The Balaban J connectivity index is 0.000000687. The maximum atomic E-state index is 3.82. The molecular formula is C28H29NS. The van der Waals surface area contributed by atoms with Crippen LogP contribution in [0.5, 0.6) is 0 Å². The highest BCUT2D eigenvalue weighted by molar-refractivity contribution is 7.10. The molecule has 0 amide bonds. The molecule has 0 fully saturated rings. The third kappa shape index (κ3) is 3.57. The molecule has 1 nitrogen and oxygen atoms in total. The lowest BCUT2D eigenvalue weighted by Crippen LogP contribution is -2.37. The van der Waals surface area contributed by atoms with Gasteiger partial charge in [-0.1, -0.05) is 93.6 Å². The van der Waals surface area contributed by atoms with E-state index in [1.54, 1.807) is 0 Å². The first-order valence-electron chi connectivity index (χ1n) is 10.7. The van der Waals surface area contributed by atoms with E-state index in [4.69, 9.17) is 0 Å². The molecule has 2 heterocycles. The van der Waals surface area contributed by atoms with Gasteiger partial charge in [0, 0.05) is 26.7 Å². The van der Waals surface area contributed by atoms with Crippen molar-refractivity contribution in [2.24, 2.45) is 0 Å². The van der Waals surface area contributed by atoms with Crippen LogP contribution in [0.1, 0.15) is 42.2 Å². The van der Waals surface area contributed by atoms with E-state index in [-0.39, 0.29) is 0 Å². The number of hydrogen-bond donors (Lipinski definition) is 0. The number of thiophene rings is 1. The maximum Gasteiger partial charge on any atom is 0.0636 e. The molecule has 0 bridgehead atoms. The number of para-hydroxylation sites is 2. The van der Waals surface area contributed by atoms with E-state index >= 15 is 0 Å². The van der Waals surface area contributed by atoms with Gasteiger partial charge in [0.25, 0.3) is 0 Å². The fourth-order valence-electron chi connectivity index (χ4n) is 4.36. The molecule has 0 saturated carbocycles. The highest BCUT2D eigenvalue weighted by atomic mass is 32.1. The van der Waals surface area contributed by atoms with Gasteiger partial charge in [-0.25, -0.2) is 0 Å². The Bertz CT molecular complexity index is 1180. The predicted octanol–water partition coefficient (Wildman–Crippen LogP) is 6.55. The summed E-state index contributed by atoms with van der Waals surface area (Å²) in [7, 11) is 0. The van der Waals surface area contributed by atoms with Gasteiger partial charge in [-0.15, -0.1) is 11.3 Å². The molecule has 0 spiro atoms. The fourth-order valence-corrected chi connectivity index (χ4v) is 5.48. The van der Waals surface area contributed by atoms with Gasteiger partial charge in [-0.2, -0.15) is 0 Å². The van der Waals surface area contributed by atoms with E-state index in [0.717, 1.165) is 0 Å². The zero-order chi connectivity index (χ0) is 21.1. The third-order valence-electron chi connectivity index (χ3n) is 5.52. The van der Waals surface area contributed by atoms with Gasteiger partial charge in [0.1, 0.15) is 0 Å². The number of hydrogen-bond acceptors (Lipinski definition) is 2. The first-order chi connectivity index (χ1) is 14.7. The summed E-state index contributed by atoms with van der Waals surface area (Å²) in [5.74, 6) is 0.392. The monoisotopic (exact) mass is 411 g/mol. The van der Waals surface area contributed by atoms with Gasteiger partial charge >= 0.3 is 0 Å². The summed E-state index contributed by atoms with van der Waals surface area (Å²) in [4.78, 5) is 3.86. The molecule has 1 aliphatic carbocycles. The first kappa shape index (κ1) is 20.4. The average molecular weight is 412 g/mol. The number of aryl methyl sites for hydroxylation is 1. The van der Waals surface area contributed by atoms with E-state index in [2.05, 4.69) is 105 Å². The van der Waals surface area contributed by atoms with Gasteiger partial charge < -0.3 is 4.90 Å². The molecule has 0 N–H and O–H groups in total. The van der Waals surface area contributed by atoms with Crippen LogP contribution in [0.3, 0.4) is 0 Å². The second kappa shape index (κ2) is 8.89. The van der Waals surface area contributed by atoms with Crippen LogP contribution >= 0.6 is 11.3 Å². The zero-order valence-corrected chi connectivity index (χ0v) is 18.8. The second-order valence-electron chi connectivity index (χ2n) is 7.77. The fraction of sp³-hybridized carbons (Fsp3) is 0.214. The molecule has 2 aliphatic rings. The summed E-state index contributed by atoms with van der Waals surface area (Å²) in [6, 6.07) is 19.9. The molecule has 2 unspecified atom stereocenters. The molecule has 0 saturated heterocycles. The van der Waals surface area contributed by atoms with Crippen molar-refractivity contribution in [2.45, 2.75) is 39.2 Å². The maximum absolute atomic E-state index is 3.82. The van der Waals surface area contributed by atoms with Crippen LogP contribution in [-0.4, -0.2) is 6.04 Å². The first-order valence-corrected chi connectivity index (χ1v) is 11.6. The number of rotatable bonds is 3. The zero-order valence-electron chi connectivity index (χ0n) is 18.0. The summed E-state index contributed by atoms with van der Waals surface area (Å²) in [6.07, 6.45) is 12.3. The van der Waals surface area contributed by atoms with Crippen molar-refractivity contribution in [1.29, 1.82) is 0 Å². The Morgan fingerprint density at radius 1 is 1.00 bits per heavy atom. The molecule has 1 aromatic heterocycles. The molecule has 5 rings (SSSR count). The standard InChI is InChI=1S/C25H21NS.C3H8/c1-3-4-12-19-17(2)27-25-16-21-20-13-8-9-14-23(20)26(24(21)15-22(19)25)18-10-6-5-7-11-18;1-3-2/h3-16,21,24H,1H2,2H3;3H2,1-2H3/b12-4-;. The van der Waals surface area contributed by atoms with Crippen LogP contribution in [-0.2, 0) is 0 Å². The third-order valence-corrected chi connectivity index (χ3v) is 6.62. The molecule has 2 atom stereocenters. The minimum absolute atomic E-state index is 0.308. The number of allylic oxidation sites excluding steroid dienone is 2. The van der Waals surface area contributed by atoms with Crippen molar-refractivity contribution < 1.29 is 0 Å². The second-order valence-corrected chi connectivity index (χ2v) is 9.02. The van der Waals surface area contributed by atoms with Gasteiger partial charge in [-0.05, 0) is 41.5 Å². The molecule has 2 heteroatoms. The minimum Gasteiger partial charge on any atom is -0.333 e. The van der Waals surface area contributed by atoms with Crippen LogP contribution in [0, 0.1) is 6.92 Å². The largest absolute Gasteiger partial charge is 0.333 e. The molecule has 2 aromatic carbocycles. The number of benzene rings is 2. The Hall–Kier alpha value is -2.84. The van der Waals surface area contributed by atoms with Gasteiger partial charge in [0.2, 0.25) is 0 Å². The molecular weight excluding hydrogens is 382 g/mol. The number of fused-ring (bicyclic) bond motifs is 4. The molecule has 1 aliphatic heterocycles. The van der Waals surface area contributed by atoms with Crippen LogP contribution < -0.4 is 14.7 Å². The van der Waals surface area contributed by atoms with Gasteiger partial charge in [-0.3, -0.25) is 0 Å². The average Bonchev–Trinajstić information content (AvgIpc) is 3.25. The summed E-state index contributed by atoms with van der Waals surface area (Å²) in [6.45, 7) is 10.3. The SMILES string of the molecule is C=C/C=C\c1c(C)sc2c1=CC1C(C=2)c2ccccc2N1c1ccccc1.CCC. The van der Waals surface area contributed by atoms with Crippen LogP contribution in [0.2, 0.25) is 0 Å². The minimum atomic E-state index is 0.308. The van der Waals surface area contributed by atoms with Crippen molar-refractivity contribution in [3.8, 4) is 0 Å². The Kier molecular flexibility index (Phi) is 6.06. The van der Waals surface area contributed by atoms with E-state index in [1.807, 2.05) is 23.5 Å². The summed E-state index contributed by atoms with van der Waals surface area (Å²) < 4.78 is 1.39. The van der Waals surface area contributed by atoms with E-state index in [9.17, 15) is 0 Å². The quantitative estimate of drug-likeness (QED) is 0.442. The van der Waals surface area contributed by atoms with Crippen molar-refractivity contribution >= 4 is 40.9 Å². The normalized spacial score (nSPS) is 18.4. The van der Waals surface area contributed by atoms with Crippen LogP contribution in [0.25, 0.3) is 18.2 Å². The summed E-state index contributed by atoms with van der Waals surface area (Å²) in [5.41, 5.74) is 5.32. The highest BCUT2D eigenvalue weighted by Crippen LogP contribution is 2.47. The topological polar surface area (TPSA) is 3.24 Å². The van der Waals surface area contributed by atoms with Gasteiger partial charge in [0.15, 0.2) is 0 Å². The molecule has 30 heavy (non-hydrogen) atoms. The van der Waals surface area contributed by atoms with Crippen molar-refractivity contribution in [3.05, 3.63) is 99.1 Å². The molecule has 3 aromatic rings. The smallest absolute Gasteiger partial charge is 0.0636 e. The van der Waals surface area contributed by atoms with Crippen molar-refractivity contribution in [2.75, 3.05) is 4.90 Å². The number of anilines is 2. The molecule has 152 valence electrons. The Morgan fingerprint density at radius 2 is 1.70 bits per heavy atom. The lowest BCUT2D eigenvalue weighted by molar-refractivity contribution is 0.804. The van der Waals surface area contributed by atoms with Crippen LogP contribution in [0.4, 0.5) is 11.4 Å². The Morgan fingerprint density at radius 3 is 2.43 bits per heavy atom. The molecule has 0 radical (unpaired) electrons. The number of nitrogens with zero attached hydrogens (tertiary/aromatic N) is 1. The van der Waals surface area contributed by atoms with Crippen molar-refractivity contribution in [1.82, 2.24) is 0 Å². The summed E-state index contributed by atoms with van der Waals surface area (Å²) >= 11 is 1.90. The van der Waals surface area contributed by atoms with E-state index < -0.39 is 0 Å². The van der Waals surface area contributed by atoms with Crippen molar-refractivity contribution in [3.63, 3.8) is 0 Å². The predicted molar refractivity (Wildman–Crippen MR) is 134 cm³/mol. The Labute approximate surface area is 184 Å². The summed E-state index contributed by atoms with van der Waals surface area (Å²) in [5, 5.41) is 1.37.